The van der Waals surface area contributed by atoms with E-state index >= 15 is 0 Å². The maximum absolute atomic E-state index is 12.3. The van der Waals surface area contributed by atoms with Crippen molar-refractivity contribution in [2.45, 2.75) is 78.8 Å². The summed E-state index contributed by atoms with van der Waals surface area (Å²) in [7, 11) is 1.75. The van der Waals surface area contributed by atoms with Crippen molar-refractivity contribution in [2.75, 3.05) is 20.1 Å². The summed E-state index contributed by atoms with van der Waals surface area (Å²) in [6.45, 7) is 13.6. The van der Waals surface area contributed by atoms with E-state index in [-0.39, 0.29) is 35.9 Å². The monoisotopic (exact) mass is 495 g/mol. The van der Waals surface area contributed by atoms with Crippen LogP contribution in [-0.4, -0.2) is 54.5 Å². The number of carbonyl (C=O) groups excluding carboxylic acids is 2. The lowest BCUT2D eigenvalue weighted by atomic mass is 9.89. The molecule has 7 nitrogen and oxygen atoms in total. The number of urea groups is 1. The largest absolute Gasteiger partial charge is 0.356 e. The van der Waals surface area contributed by atoms with Gasteiger partial charge in [-0.1, -0.05) is 27.7 Å². The van der Waals surface area contributed by atoms with E-state index in [2.05, 4.69) is 48.6 Å². The Hall–Kier alpha value is -1.06. The Morgan fingerprint density at radius 3 is 2.44 bits per heavy atom. The van der Waals surface area contributed by atoms with Crippen LogP contribution in [0.15, 0.2) is 4.99 Å². The second kappa shape index (κ2) is 11.1. The van der Waals surface area contributed by atoms with Gasteiger partial charge in [-0.3, -0.25) is 14.7 Å². The summed E-state index contributed by atoms with van der Waals surface area (Å²) in [6.07, 6.45) is 3.48. The topological polar surface area (TPSA) is 85.8 Å². The van der Waals surface area contributed by atoms with E-state index in [0.717, 1.165) is 18.8 Å². The minimum absolute atomic E-state index is 0. The van der Waals surface area contributed by atoms with Crippen molar-refractivity contribution in [2.24, 2.45) is 10.4 Å². The molecule has 0 aromatic carbocycles. The molecule has 158 valence electrons. The Kier molecular flexibility index (Phi) is 10.6. The fourth-order valence-electron chi connectivity index (χ4n) is 2.78. The second-order valence-electron chi connectivity index (χ2n) is 8.57. The van der Waals surface area contributed by atoms with Gasteiger partial charge in [0.05, 0.1) is 0 Å². The van der Waals surface area contributed by atoms with E-state index in [1.54, 1.807) is 14.0 Å². The number of nitrogens with zero attached hydrogens (tertiary/aromatic N) is 2. The number of rotatable bonds is 8. The number of amides is 3. The Morgan fingerprint density at radius 1 is 1.33 bits per heavy atom. The lowest BCUT2D eigenvalue weighted by molar-refractivity contribution is -0.130. The minimum Gasteiger partial charge on any atom is -0.356 e. The van der Waals surface area contributed by atoms with Crippen LogP contribution < -0.4 is 16.0 Å². The fraction of sp³-hybridized carbons (Fsp3) is 0.842. The van der Waals surface area contributed by atoms with Crippen molar-refractivity contribution in [1.82, 2.24) is 20.9 Å². The average molecular weight is 495 g/mol. The molecule has 1 aliphatic heterocycles. The number of carbonyl (C=O) groups is 2. The van der Waals surface area contributed by atoms with Gasteiger partial charge in [0.2, 0.25) is 0 Å². The summed E-state index contributed by atoms with van der Waals surface area (Å²) < 4.78 is 0. The third-order valence-electron chi connectivity index (χ3n) is 4.84. The maximum atomic E-state index is 12.3. The first-order chi connectivity index (χ1) is 12.0. The predicted molar refractivity (Wildman–Crippen MR) is 122 cm³/mol. The summed E-state index contributed by atoms with van der Waals surface area (Å²) in [5, 5.41) is 9.42. The lowest BCUT2D eigenvalue weighted by Gasteiger charge is -2.23. The number of guanidine groups is 1. The zero-order valence-electron chi connectivity index (χ0n) is 17.9. The van der Waals surface area contributed by atoms with Crippen molar-refractivity contribution in [3.63, 3.8) is 0 Å². The molecule has 0 spiro atoms. The van der Waals surface area contributed by atoms with E-state index in [1.807, 2.05) is 6.92 Å². The Bertz CT molecular complexity index is 533. The van der Waals surface area contributed by atoms with Crippen LogP contribution in [-0.2, 0) is 4.79 Å². The van der Waals surface area contributed by atoms with Gasteiger partial charge in [-0.15, -0.1) is 24.0 Å². The van der Waals surface area contributed by atoms with E-state index in [0.29, 0.717) is 37.4 Å². The predicted octanol–water partition coefficient (Wildman–Crippen LogP) is 3.09. The fourth-order valence-corrected chi connectivity index (χ4v) is 2.78. The Balaban J connectivity index is 0.00000676. The molecule has 1 rings (SSSR count). The van der Waals surface area contributed by atoms with Crippen LogP contribution in [0.5, 0.6) is 0 Å². The van der Waals surface area contributed by atoms with Gasteiger partial charge in [0.1, 0.15) is 5.54 Å². The zero-order valence-corrected chi connectivity index (χ0v) is 20.3. The number of imide groups is 1. The van der Waals surface area contributed by atoms with Crippen LogP contribution in [0.3, 0.4) is 0 Å². The quantitative estimate of drug-likeness (QED) is 0.159. The van der Waals surface area contributed by atoms with Crippen LogP contribution in [0.1, 0.15) is 67.2 Å². The van der Waals surface area contributed by atoms with Gasteiger partial charge in [0, 0.05) is 26.2 Å². The highest BCUT2D eigenvalue weighted by molar-refractivity contribution is 14.0. The van der Waals surface area contributed by atoms with Crippen LogP contribution >= 0.6 is 24.0 Å². The standard InChI is InChI=1S/C19H37N5O2.HI/c1-8-19(6)15(25)24(17(26)23-19)13-9-12-21-16(20-7)22-14(2)10-11-18(3,4)5;/h14H,8-13H2,1-7H3,(H,23,26)(H2,20,21,22);1H. The molecule has 8 heteroatoms. The zero-order chi connectivity index (χ0) is 20.0. The molecular weight excluding hydrogens is 457 g/mol. The van der Waals surface area contributed by atoms with Gasteiger partial charge in [-0.2, -0.15) is 0 Å². The summed E-state index contributed by atoms with van der Waals surface area (Å²) in [6, 6.07) is 0.0364. The molecule has 3 N–H and O–H groups in total. The van der Waals surface area contributed by atoms with Gasteiger partial charge in [0.25, 0.3) is 5.91 Å². The highest BCUT2D eigenvalue weighted by atomic mass is 127. The van der Waals surface area contributed by atoms with Crippen molar-refractivity contribution >= 4 is 41.9 Å². The molecule has 27 heavy (non-hydrogen) atoms. The number of nitrogens with one attached hydrogen (secondary N) is 3. The van der Waals surface area contributed by atoms with Gasteiger partial charge in [-0.05, 0) is 44.9 Å². The molecule has 1 heterocycles. The Labute approximate surface area is 181 Å². The number of halogens is 1. The Morgan fingerprint density at radius 2 is 1.96 bits per heavy atom. The highest BCUT2D eigenvalue weighted by Crippen LogP contribution is 2.22. The molecule has 3 amide bonds. The minimum atomic E-state index is -0.759. The van der Waals surface area contributed by atoms with E-state index in [9.17, 15) is 9.59 Å². The number of aliphatic imine (C=N–C) groups is 1. The molecule has 0 radical (unpaired) electrons. The summed E-state index contributed by atoms with van der Waals surface area (Å²) in [5.41, 5.74) is -0.437. The third-order valence-corrected chi connectivity index (χ3v) is 4.84. The summed E-state index contributed by atoms with van der Waals surface area (Å²) in [4.78, 5) is 29.9. The van der Waals surface area contributed by atoms with Gasteiger partial charge >= 0.3 is 6.03 Å². The molecule has 1 saturated heterocycles. The summed E-state index contributed by atoms with van der Waals surface area (Å²) >= 11 is 0. The molecule has 0 aromatic heterocycles. The van der Waals surface area contributed by atoms with Gasteiger partial charge in [-0.25, -0.2) is 4.79 Å². The average Bonchev–Trinajstić information content (AvgIpc) is 2.78. The number of hydrogen-bond acceptors (Lipinski definition) is 3. The van der Waals surface area contributed by atoms with E-state index in [4.69, 9.17) is 0 Å². The first kappa shape index (κ1) is 25.9. The van der Waals surface area contributed by atoms with Crippen molar-refractivity contribution in [3.8, 4) is 0 Å². The van der Waals surface area contributed by atoms with Crippen LogP contribution in [0.4, 0.5) is 4.79 Å². The van der Waals surface area contributed by atoms with Crippen molar-refractivity contribution in [1.29, 1.82) is 0 Å². The van der Waals surface area contributed by atoms with Gasteiger partial charge < -0.3 is 16.0 Å². The highest BCUT2D eigenvalue weighted by Gasteiger charge is 2.45. The van der Waals surface area contributed by atoms with E-state index in [1.165, 1.54) is 4.90 Å². The third kappa shape index (κ3) is 8.23. The molecule has 0 saturated carbocycles. The molecule has 2 atom stereocenters. The molecule has 2 unspecified atom stereocenters. The molecule has 0 bridgehead atoms. The van der Waals surface area contributed by atoms with Gasteiger partial charge in [0.15, 0.2) is 5.96 Å². The smallest absolute Gasteiger partial charge is 0.325 e. The molecule has 0 aromatic rings. The molecule has 0 aliphatic carbocycles. The molecule has 1 aliphatic rings. The van der Waals surface area contributed by atoms with Crippen LogP contribution in [0.2, 0.25) is 0 Å². The van der Waals surface area contributed by atoms with Crippen LogP contribution in [0.25, 0.3) is 0 Å². The number of hydrogen-bond donors (Lipinski definition) is 3. The van der Waals surface area contributed by atoms with Crippen molar-refractivity contribution in [3.05, 3.63) is 0 Å². The SMILES string of the molecule is CCC1(C)NC(=O)N(CCCNC(=NC)NC(C)CCC(C)(C)C)C1=O.I. The van der Waals surface area contributed by atoms with Crippen LogP contribution in [0, 0.1) is 5.41 Å². The van der Waals surface area contributed by atoms with Crippen molar-refractivity contribution < 1.29 is 9.59 Å². The first-order valence-corrected chi connectivity index (χ1v) is 9.63. The lowest BCUT2D eigenvalue weighted by Crippen LogP contribution is -2.44. The molecule has 1 fully saturated rings. The second-order valence-corrected chi connectivity index (χ2v) is 8.57. The van der Waals surface area contributed by atoms with E-state index < -0.39 is 5.54 Å². The first-order valence-electron chi connectivity index (χ1n) is 9.63. The maximum Gasteiger partial charge on any atom is 0.325 e. The normalized spacial score (nSPS) is 21.6. The molecular formula is C19H38IN5O2. The summed E-state index contributed by atoms with van der Waals surface area (Å²) in [5.74, 6) is 0.616.